The SMILES string of the molecule is Cc1cc(C)cc(OP(=O)(O)CNC(Cc2ccc(-c3ccccc3)cc2)c2nnn[nH]2)c1. The highest BCUT2D eigenvalue weighted by molar-refractivity contribution is 7.53. The van der Waals surface area contributed by atoms with Gasteiger partial charge in [0.25, 0.3) is 0 Å². The normalized spacial score (nSPS) is 13.9. The maximum absolute atomic E-state index is 12.7. The number of aromatic amines is 1. The monoisotopic (exact) mass is 463 g/mol. The number of nitrogens with zero attached hydrogens (tertiary/aromatic N) is 3. The van der Waals surface area contributed by atoms with Crippen LogP contribution in [0.25, 0.3) is 11.1 Å². The number of H-pyrrole nitrogens is 1. The first-order chi connectivity index (χ1) is 15.9. The Labute approximate surface area is 192 Å². The van der Waals surface area contributed by atoms with Crippen LogP contribution in [0.1, 0.15) is 28.6 Å². The molecule has 8 nitrogen and oxygen atoms in total. The summed E-state index contributed by atoms with van der Waals surface area (Å²) in [6.07, 6.45) is 0.267. The minimum Gasteiger partial charge on any atom is -0.424 e. The van der Waals surface area contributed by atoms with E-state index in [0.29, 0.717) is 18.0 Å². The lowest BCUT2D eigenvalue weighted by molar-refractivity contribution is 0.368. The fourth-order valence-electron chi connectivity index (χ4n) is 3.69. The molecule has 170 valence electrons. The molecule has 0 radical (unpaired) electrons. The van der Waals surface area contributed by atoms with E-state index in [1.807, 2.05) is 50.2 Å². The molecule has 0 saturated heterocycles. The van der Waals surface area contributed by atoms with Gasteiger partial charge in [-0.25, -0.2) is 9.66 Å². The van der Waals surface area contributed by atoms with Gasteiger partial charge in [0.15, 0.2) is 5.82 Å². The van der Waals surface area contributed by atoms with Crippen LogP contribution in [0.2, 0.25) is 0 Å². The molecule has 2 unspecified atom stereocenters. The topological polar surface area (TPSA) is 113 Å². The Balaban J connectivity index is 1.45. The summed E-state index contributed by atoms with van der Waals surface area (Å²) in [7, 11) is -3.96. The predicted octanol–water partition coefficient (Wildman–Crippen LogP) is 4.58. The Morgan fingerprint density at radius 3 is 2.30 bits per heavy atom. The Hall–Kier alpha value is -3.32. The number of hydrogen-bond donors (Lipinski definition) is 3. The molecule has 2 atom stereocenters. The molecule has 4 rings (SSSR count). The molecule has 9 heteroatoms. The van der Waals surface area contributed by atoms with Gasteiger partial charge < -0.3 is 9.42 Å². The van der Waals surface area contributed by atoms with Crippen molar-refractivity contribution >= 4 is 7.60 Å². The van der Waals surface area contributed by atoms with Gasteiger partial charge in [-0.15, -0.1) is 5.10 Å². The Morgan fingerprint density at radius 2 is 1.67 bits per heavy atom. The van der Waals surface area contributed by atoms with Crippen LogP contribution in [0.15, 0.2) is 72.8 Å². The van der Waals surface area contributed by atoms with Crippen molar-refractivity contribution < 1.29 is 14.0 Å². The highest BCUT2D eigenvalue weighted by Crippen LogP contribution is 2.42. The van der Waals surface area contributed by atoms with Gasteiger partial charge in [0.2, 0.25) is 0 Å². The lowest BCUT2D eigenvalue weighted by Gasteiger charge is -2.20. The molecule has 3 aromatic carbocycles. The maximum Gasteiger partial charge on any atom is 0.390 e. The average molecular weight is 463 g/mol. The van der Waals surface area contributed by atoms with Crippen molar-refractivity contribution in [1.29, 1.82) is 0 Å². The summed E-state index contributed by atoms with van der Waals surface area (Å²) in [5, 5.41) is 17.1. The van der Waals surface area contributed by atoms with E-state index in [0.717, 1.165) is 27.8 Å². The lowest BCUT2D eigenvalue weighted by atomic mass is 10.0. The lowest BCUT2D eigenvalue weighted by Crippen LogP contribution is -2.26. The van der Waals surface area contributed by atoms with Crippen LogP contribution in [0.5, 0.6) is 5.75 Å². The fourth-order valence-corrected chi connectivity index (χ4v) is 4.64. The highest BCUT2D eigenvalue weighted by atomic mass is 31.2. The summed E-state index contributed by atoms with van der Waals surface area (Å²) in [6, 6.07) is 23.4. The second-order valence-corrected chi connectivity index (χ2v) is 9.79. The summed E-state index contributed by atoms with van der Waals surface area (Å²) in [6.45, 7) is 3.83. The van der Waals surface area contributed by atoms with E-state index in [1.54, 1.807) is 12.1 Å². The first-order valence-corrected chi connectivity index (χ1v) is 12.4. The van der Waals surface area contributed by atoms with Crippen LogP contribution < -0.4 is 9.84 Å². The van der Waals surface area contributed by atoms with Gasteiger partial charge in [0.1, 0.15) is 12.0 Å². The number of tetrazole rings is 1. The predicted molar refractivity (Wildman–Crippen MR) is 127 cm³/mol. The number of hydrogen-bond acceptors (Lipinski definition) is 6. The van der Waals surface area contributed by atoms with Crippen LogP contribution in [-0.4, -0.2) is 31.8 Å². The molecular weight excluding hydrogens is 437 g/mol. The zero-order chi connectivity index (χ0) is 23.3. The van der Waals surface area contributed by atoms with Crippen molar-refractivity contribution in [3.8, 4) is 16.9 Å². The zero-order valence-corrected chi connectivity index (χ0v) is 19.4. The first-order valence-electron chi connectivity index (χ1n) is 10.6. The fraction of sp³-hybridized carbons (Fsp3) is 0.208. The van der Waals surface area contributed by atoms with E-state index in [1.165, 1.54) is 0 Å². The van der Waals surface area contributed by atoms with Gasteiger partial charge >= 0.3 is 7.60 Å². The number of rotatable bonds is 9. The van der Waals surface area contributed by atoms with Crippen molar-refractivity contribution in [2.45, 2.75) is 26.3 Å². The van der Waals surface area contributed by atoms with Crippen LogP contribution >= 0.6 is 7.60 Å². The molecule has 0 aliphatic rings. The quantitative estimate of drug-likeness (QED) is 0.312. The third kappa shape index (κ3) is 6.35. The van der Waals surface area contributed by atoms with Gasteiger partial charge in [-0.05, 0) is 70.6 Å². The van der Waals surface area contributed by atoms with Gasteiger partial charge in [-0.2, -0.15) is 0 Å². The molecule has 4 aromatic rings. The molecule has 1 aromatic heterocycles. The van der Waals surface area contributed by atoms with Crippen LogP contribution in [0, 0.1) is 13.8 Å². The van der Waals surface area contributed by atoms with Crippen LogP contribution in [0.4, 0.5) is 0 Å². The number of benzene rings is 3. The van der Waals surface area contributed by atoms with Crippen molar-refractivity contribution in [1.82, 2.24) is 25.9 Å². The largest absolute Gasteiger partial charge is 0.424 e. The summed E-state index contributed by atoms with van der Waals surface area (Å²) >= 11 is 0. The summed E-state index contributed by atoms with van der Waals surface area (Å²) in [5.41, 5.74) is 5.21. The van der Waals surface area contributed by atoms with Crippen LogP contribution in [0.3, 0.4) is 0 Å². The third-order valence-corrected chi connectivity index (χ3v) is 6.25. The van der Waals surface area contributed by atoms with Gasteiger partial charge in [0.05, 0.1) is 6.04 Å². The van der Waals surface area contributed by atoms with Crippen molar-refractivity contribution in [2.24, 2.45) is 0 Å². The second kappa shape index (κ2) is 10.1. The van der Waals surface area contributed by atoms with E-state index in [2.05, 4.69) is 50.2 Å². The number of aryl methyl sites for hydroxylation is 2. The summed E-state index contributed by atoms with van der Waals surface area (Å²) < 4.78 is 18.2. The minimum absolute atomic E-state index is 0.256. The summed E-state index contributed by atoms with van der Waals surface area (Å²) in [5.74, 6) is 0.850. The smallest absolute Gasteiger partial charge is 0.390 e. The standard InChI is InChI=1S/C24H26N5O3P/c1-17-12-18(2)14-22(13-17)32-33(30,31)16-25-23(24-26-28-29-27-24)15-19-8-10-21(11-9-19)20-6-4-3-5-7-20/h3-14,23,25H,15-16H2,1-2H3,(H,30,31)(H,26,27,28,29). The average Bonchev–Trinajstić information content (AvgIpc) is 3.31. The highest BCUT2D eigenvalue weighted by Gasteiger charge is 2.25. The maximum atomic E-state index is 12.7. The second-order valence-electron chi connectivity index (χ2n) is 8.02. The molecule has 33 heavy (non-hydrogen) atoms. The van der Waals surface area contributed by atoms with E-state index < -0.39 is 13.6 Å². The molecule has 3 N–H and O–H groups in total. The van der Waals surface area contributed by atoms with Crippen molar-refractivity contribution in [3.63, 3.8) is 0 Å². The molecule has 0 aliphatic heterocycles. The number of nitrogens with one attached hydrogen (secondary N) is 2. The summed E-state index contributed by atoms with van der Waals surface area (Å²) in [4.78, 5) is 10.4. The molecule has 1 heterocycles. The zero-order valence-electron chi connectivity index (χ0n) is 18.5. The Kier molecular flexibility index (Phi) is 6.99. The third-order valence-electron chi connectivity index (χ3n) is 5.17. The Bertz CT molecular complexity index is 1210. The molecule has 0 spiro atoms. The van der Waals surface area contributed by atoms with Gasteiger partial charge in [-0.3, -0.25) is 5.32 Å². The number of aromatic nitrogens is 4. The van der Waals surface area contributed by atoms with Crippen LogP contribution in [-0.2, 0) is 11.0 Å². The first kappa shape index (κ1) is 22.9. The van der Waals surface area contributed by atoms with Crippen molar-refractivity contribution in [3.05, 3.63) is 95.3 Å². The van der Waals surface area contributed by atoms with E-state index in [9.17, 15) is 9.46 Å². The van der Waals surface area contributed by atoms with E-state index >= 15 is 0 Å². The Morgan fingerprint density at radius 1 is 1.00 bits per heavy atom. The molecule has 0 bridgehead atoms. The van der Waals surface area contributed by atoms with Gasteiger partial charge in [-0.1, -0.05) is 60.7 Å². The molecule has 0 saturated carbocycles. The van der Waals surface area contributed by atoms with Gasteiger partial charge in [0, 0.05) is 0 Å². The molecule has 0 aliphatic carbocycles. The molecule has 0 amide bonds. The van der Waals surface area contributed by atoms with E-state index in [4.69, 9.17) is 4.52 Å². The molecule has 0 fully saturated rings. The molecular formula is C24H26N5O3P. The van der Waals surface area contributed by atoms with Crippen molar-refractivity contribution in [2.75, 3.05) is 6.29 Å². The minimum atomic E-state index is -3.96. The van der Waals surface area contributed by atoms with E-state index in [-0.39, 0.29) is 6.29 Å².